The van der Waals surface area contributed by atoms with E-state index < -0.39 is 7.59 Å². The van der Waals surface area contributed by atoms with Gasteiger partial charge < -0.3 is 15.3 Å². The Labute approximate surface area is 227 Å². The highest BCUT2D eigenvalue weighted by atomic mass is 31.2. The molecule has 0 spiro atoms. The van der Waals surface area contributed by atoms with Gasteiger partial charge in [0.05, 0.1) is 17.1 Å². The number of ketones is 1. The van der Waals surface area contributed by atoms with Gasteiger partial charge in [0.15, 0.2) is 5.78 Å². The molecule has 6 rings (SSSR count). The van der Waals surface area contributed by atoms with Gasteiger partial charge in [0.1, 0.15) is 0 Å². The first-order chi connectivity index (χ1) is 19.1. The number of nitrogens with one attached hydrogen (secondary N) is 3. The van der Waals surface area contributed by atoms with Crippen molar-refractivity contribution in [1.29, 1.82) is 0 Å². The summed E-state index contributed by atoms with van der Waals surface area (Å²) in [6.07, 6.45) is 0. The summed E-state index contributed by atoms with van der Waals surface area (Å²) in [5.74, 6) is -0.0990. The van der Waals surface area contributed by atoms with Crippen molar-refractivity contribution >= 4 is 41.8 Å². The minimum Gasteiger partial charge on any atom is -0.304 e. The number of benzene rings is 5. The molecule has 0 amide bonds. The van der Waals surface area contributed by atoms with Gasteiger partial charge in [-0.3, -0.25) is 9.36 Å². The molecular weight excluding hydrogens is 503 g/mol. The molecule has 7 heteroatoms. The van der Waals surface area contributed by atoms with Crippen LogP contribution in [0.4, 0.5) is 22.7 Å². The van der Waals surface area contributed by atoms with Crippen molar-refractivity contribution in [3.05, 3.63) is 156 Å². The number of rotatable bonds is 7. The van der Waals surface area contributed by atoms with Gasteiger partial charge in [0.2, 0.25) is 0 Å². The van der Waals surface area contributed by atoms with Gasteiger partial charge in [-0.15, -0.1) is 0 Å². The molecule has 0 atom stereocenters. The summed E-state index contributed by atoms with van der Waals surface area (Å²) in [5.41, 5.74) is 5.71. The Morgan fingerprint density at radius 1 is 0.513 bits per heavy atom. The zero-order valence-electron chi connectivity index (χ0n) is 20.9. The van der Waals surface area contributed by atoms with Crippen LogP contribution in [0.5, 0.6) is 0 Å². The van der Waals surface area contributed by atoms with Gasteiger partial charge in [-0.25, -0.2) is 4.99 Å². The number of aliphatic imine (C=N–C) groups is 1. The van der Waals surface area contributed by atoms with Gasteiger partial charge in [-0.05, 0) is 42.5 Å². The molecule has 1 aliphatic rings. The first-order valence-corrected chi connectivity index (χ1v) is 14.3. The van der Waals surface area contributed by atoms with E-state index in [9.17, 15) is 9.36 Å². The molecule has 190 valence electrons. The predicted molar refractivity (Wildman–Crippen MR) is 159 cm³/mol. The van der Waals surface area contributed by atoms with Crippen molar-refractivity contribution in [3.8, 4) is 0 Å². The van der Waals surface area contributed by atoms with Gasteiger partial charge in [-0.1, -0.05) is 91.0 Å². The lowest BCUT2D eigenvalue weighted by Gasteiger charge is -2.28. The number of hydrogen-bond donors (Lipinski definition) is 3. The summed E-state index contributed by atoms with van der Waals surface area (Å²) < 4.78 is 14.5. The second kappa shape index (κ2) is 10.4. The monoisotopic (exact) mass is 528 g/mol. The van der Waals surface area contributed by atoms with E-state index in [1.807, 2.05) is 121 Å². The van der Waals surface area contributed by atoms with E-state index in [0.29, 0.717) is 39.5 Å². The molecule has 0 unspecified atom stereocenters. The van der Waals surface area contributed by atoms with E-state index in [2.05, 4.69) is 15.3 Å². The molecular formula is C32H25N4O2P. The highest BCUT2D eigenvalue weighted by Crippen LogP contribution is 2.47. The molecule has 0 heterocycles. The fourth-order valence-corrected chi connectivity index (χ4v) is 6.37. The van der Waals surface area contributed by atoms with E-state index in [-0.39, 0.29) is 5.78 Å². The Balaban J connectivity index is 1.50. The van der Waals surface area contributed by atoms with Crippen molar-refractivity contribution in [2.24, 2.45) is 4.99 Å². The minimum absolute atomic E-state index is 0.0990. The SMILES string of the molecule is O=C1c2ccccc2C(=Nc2ccccc2)c2c(NP(=O)(Nc3ccccc3)Nc3ccccc3)cccc21. The molecule has 0 fully saturated rings. The van der Waals surface area contributed by atoms with Crippen molar-refractivity contribution in [3.63, 3.8) is 0 Å². The maximum Gasteiger partial charge on any atom is 0.352 e. The minimum atomic E-state index is -3.56. The van der Waals surface area contributed by atoms with E-state index in [1.54, 1.807) is 12.1 Å². The largest absolute Gasteiger partial charge is 0.352 e. The summed E-state index contributed by atoms with van der Waals surface area (Å²) in [4.78, 5) is 18.6. The quantitative estimate of drug-likeness (QED) is 0.182. The molecule has 0 saturated heterocycles. The van der Waals surface area contributed by atoms with Crippen molar-refractivity contribution < 1.29 is 9.36 Å². The molecule has 5 aromatic carbocycles. The van der Waals surface area contributed by atoms with Crippen molar-refractivity contribution in [2.45, 2.75) is 0 Å². The van der Waals surface area contributed by atoms with E-state index in [1.165, 1.54) is 0 Å². The maximum atomic E-state index is 14.5. The number of hydrogen-bond acceptors (Lipinski definition) is 3. The highest BCUT2D eigenvalue weighted by molar-refractivity contribution is 7.68. The molecule has 0 bridgehead atoms. The molecule has 39 heavy (non-hydrogen) atoms. The van der Waals surface area contributed by atoms with E-state index in [0.717, 1.165) is 11.3 Å². The van der Waals surface area contributed by atoms with Crippen LogP contribution in [0.1, 0.15) is 27.0 Å². The summed E-state index contributed by atoms with van der Waals surface area (Å²) in [6, 6.07) is 41.2. The second-order valence-corrected chi connectivity index (χ2v) is 11.0. The van der Waals surface area contributed by atoms with Crippen LogP contribution < -0.4 is 15.3 Å². The van der Waals surface area contributed by atoms with Crippen LogP contribution in [-0.4, -0.2) is 11.5 Å². The molecule has 0 saturated carbocycles. The normalized spacial score (nSPS) is 13.3. The first kappa shape index (κ1) is 24.4. The zero-order chi connectivity index (χ0) is 26.7. The molecule has 0 aromatic heterocycles. The smallest absolute Gasteiger partial charge is 0.304 e. The van der Waals surface area contributed by atoms with Crippen LogP contribution in [-0.2, 0) is 4.57 Å². The Bertz CT molecular complexity index is 1680. The zero-order valence-corrected chi connectivity index (χ0v) is 21.8. The third-order valence-electron chi connectivity index (χ3n) is 6.37. The Kier molecular flexibility index (Phi) is 6.54. The number of anilines is 3. The molecule has 0 radical (unpaired) electrons. The van der Waals surface area contributed by atoms with Crippen LogP contribution in [0.2, 0.25) is 0 Å². The fourth-order valence-electron chi connectivity index (χ4n) is 4.65. The maximum absolute atomic E-state index is 14.5. The topological polar surface area (TPSA) is 82.6 Å². The predicted octanol–water partition coefficient (Wildman–Crippen LogP) is 8.14. The summed E-state index contributed by atoms with van der Waals surface area (Å²) in [7, 11) is -3.56. The third-order valence-corrected chi connectivity index (χ3v) is 8.07. The lowest BCUT2D eigenvalue weighted by Crippen LogP contribution is -2.24. The lowest BCUT2D eigenvalue weighted by molar-refractivity contribution is 0.103. The van der Waals surface area contributed by atoms with E-state index >= 15 is 0 Å². The van der Waals surface area contributed by atoms with Crippen LogP contribution in [0.3, 0.4) is 0 Å². The number of fused-ring (bicyclic) bond motifs is 2. The third kappa shape index (κ3) is 5.11. The highest BCUT2D eigenvalue weighted by Gasteiger charge is 2.32. The second-order valence-electron chi connectivity index (χ2n) is 9.08. The lowest BCUT2D eigenvalue weighted by atomic mass is 9.82. The molecule has 5 aromatic rings. The average molecular weight is 529 g/mol. The van der Waals surface area contributed by atoms with Crippen LogP contribution in [0.15, 0.2) is 138 Å². The van der Waals surface area contributed by atoms with Crippen LogP contribution >= 0.6 is 7.59 Å². The molecule has 6 nitrogen and oxygen atoms in total. The van der Waals surface area contributed by atoms with Gasteiger partial charge in [0, 0.05) is 33.6 Å². The van der Waals surface area contributed by atoms with Gasteiger partial charge >= 0.3 is 7.59 Å². The first-order valence-electron chi connectivity index (χ1n) is 12.6. The number of nitrogens with zero attached hydrogens (tertiary/aromatic N) is 1. The molecule has 3 N–H and O–H groups in total. The summed E-state index contributed by atoms with van der Waals surface area (Å²) >= 11 is 0. The molecule has 0 aliphatic heterocycles. The van der Waals surface area contributed by atoms with Gasteiger partial charge in [0.25, 0.3) is 0 Å². The van der Waals surface area contributed by atoms with Gasteiger partial charge in [-0.2, -0.15) is 0 Å². The fraction of sp³-hybridized carbons (Fsp3) is 0. The number of carbonyl (C=O) groups excluding carboxylic acids is 1. The summed E-state index contributed by atoms with van der Waals surface area (Å²) in [5, 5.41) is 9.57. The Hall–Kier alpha value is -4.93. The van der Waals surface area contributed by atoms with Crippen molar-refractivity contribution in [1.82, 2.24) is 0 Å². The van der Waals surface area contributed by atoms with E-state index in [4.69, 9.17) is 4.99 Å². The Morgan fingerprint density at radius 2 is 1.03 bits per heavy atom. The van der Waals surface area contributed by atoms with Crippen LogP contribution in [0, 0.1) is 0 Å². The van der Waals surface area contributed by atoms with Crippen LogP contribution in [0.25, 0.3) is 0 Å². The Morgan fingerprint density at radius 3 is 1.64 bits per heavy atom. The average Bonchev–Trinajstić information content (AvgIpc) is 2.97. The molecule has 1 aliphatic carbocycles. The standard InChI is InChI=1S/C32H25N4O2P/c37-32-27-20-11-10-19-26(27)31(33-23-13-4-1-5-14-23)30-28(32)21-12-22-29(30)36-39(38,34-24-15-6-2-7-16-24)35-25-17-8-3-9-18-25/h1-22H,(H3,34,35,36,38). The van der Waals surface area contributed by atoms with Crippen molar-refractivity contribution in [2.75, 3.05) is 15.3 Å². The number of carbonyl (C=O) groups is 1. The number of para-hydroxylation sites is 3. The summed E-state index contributed by atoms with van der Waals surface area (Å²) in [6.45, 7) is 0.